The van der Waals surface area contributed by atoms with Crippen molar-refractivity contribution in [2.75, 3.05) is 31.5 Å². The molecule has 0 saturated carbocycles. The van der Waals surface area contributed by atoms with Crippen LogP contribution in [0.5, 0.6) is 17.2 Å². The number of aromatic nitrogens is 3. The smallest absolute Gasteiger partial charge is 0.255 e. The van der Waals surface area contributed by atoms with Crippen molar-refractivity contribution in [3.05, 3.63) is 65.6 Å². The van der Waals surface area contributed by atoms with Crippen LogP contribution in [-0.4, -0.2) is 41.5 Å². The SMILES string of the molecule is CCCOc1ccc([C@H]2C(C(=O)Nc3ccccc3OC)=C(C)Nc3ncnn32)cc1OC. The minimum absolute atomic E-state index is 0.277. The number of carbonyl (C=O) groups excluding carboxylic acids is 1. The summed E-state index contributed by atoms with van der Waals surface area (Å²) in [7, 11) is 3.16. The van der Waals surface area contributed by atoms with Gasteiger partial charge in [0, 0.05) is 5.70 Å². The number of ether oxygens (including phenoxy) is 3. The van der Waals surface area contributed by atoms with Crippen LogP contribution in [-0.2, 0) is 4.79 Å². The van der Waals surface area contributed by atoms with Crippen molar-refractivity contribution in [2.24, 2.45) is 0 Å². The molecule has 2 aromatic carbocycles. The number of fused-ring (bicyclic) bond motifs is 1. The van der Waals surface area contributed by atoms with Gasteiger partial charge in [0.25, 0.3) is 5.91 Å². The molecule has 0 radical (unpaired) electrons. The summed E-state index contributed by atoms with van der Waals surface area (Å²) in [6, 6.07) is 12.4. The molecular weight excluding hydrogens is 422 g/mol. The number of hydrogen-bond donors (Lipinski definition) is 2. The molecule has 0 unspecified atom stereocenters. The lowest BCUT2D eigenvalue weighted by molar-refractivity contribution is -0.113. The Morgan fingerprint density at radius 2 is 1.91 bits per heavy atom. The van der Waals surface area contributed by atoms with Crippen molar-refractivity contribution >= 4 is 17.5 Å². The van der Waals surface area contributed by atoms with Crippen LogP contribution >= 0.6 is 0 Å². The molecule has 0 aliphatic carbocycles. The lowest BCUT2D eigenvalue weighted by atomic mass is 9.94. The summed E-state index contributed by atoms with van der Waals surface area (Å²) in [6.07, 6.45) is 2.34. The zero-order valence-electron chi connectivity index (χ0n) is 19.1. The van der Waals surface area contributed by atoms with Crippen LogP contribution in [0.1, 0.15) is 31.9 Å². The lowest BCUT2D eigenvalue weighted by Gasteiger charge is -2.29. The number of rotatable bonds is 8. The maximum atomic E-state index is 13.5. The fourth-order valence-corrected chi connectivity index (χ4v) is 3.82. The van der Waals surface area contributed by atoms with E-state index in [9.17, 15) is 4.79 Å². The Morgan fingerprint density at radius 3 is 2.67 bits per heavy atom. The van der Waals surface area contributed by atoms with Crippen molar-refractivity contribution in [1.82, 2.24) is 14.8 Å². The zero-order valence-corrected chi connectivity index (χ0v) is 19.1. The molecule has 1 atom stereocenters. The van der Waals surface area contributed by atoms with E-state index in [2.05, 4.69) is 20.7 Å². The number of anilines is 2. The van der Waals surface area contributed by atoms with Gasteiger partial charge in [-0.1, -0.05) is 25.1 Å². The molecule has 1 aliphatic rings. The summed E-state index contributed by atoms with van der Waals surface area (Å²) in [4.78, 5) is 17.8. The fraction of sp³-hybridized carbons (Fsp3) is 0.292. The summed E-state index contributed by atoms with van der Waals surface area (Å²) < 4.78 is 18.4. The molecule has 2 N–H and O–H groups in total. The van der Waals surface area contributed by atoms with Gasteiger partial charge in [0.1, 0.15) is 18.1 Å². The fourth-order valence-electron chi connectivity index (χ4n) is 3.82. The molecule has 4 rings (SSSR count). The van der Waals surface area contributed by atoms with Crippen LogP contribution in [0.3, 0.4) is 0 Å². The van der Waals surface area contributed by atoms with E-state index in [0.29, 0.717) is 46.8 Å². The third-order valence-corrected chi connectivity index (χ3v) is 5.36. The first-order valence-electron chi connectivity index (χ1n) is 10.7. The summed E-state index contributed by atoms with van der Waals surface area (Å²) in [5.74, 6) is 2.09. The lowest BCUT2D eigenvalue weighted by Crippen LogP contribution is -2.31. The predicted molar refractivity (Wildman–Crippen MR) is 125 cm³/mol. The number of hydrogen-bond acceptors (Lipinski definition) is 7. The van der Waals surface area contributed by atoms with E-state index in [0.717, 1.165) is 12.0 Å². The Kier molecular flexibility index (Phi) is 6.48. The van der Waals surface area contributed by atoms with Crippen LogP contribution in [0.4, 0.5) is 11.6 Å². The third-order valence-electron chi connectivity index (χ3n) is 5.36. The van der Waals surface area contributed by atoms with E-state index in [4.69, 9.17) is 14.2 Å². The maximum Gasteiger partial charge on any atom is 0.255 e. The second kappa shape index (κ2) is 9.64. The van der Waals surface area contributed by atoms with Crippen LogP contribution in [0.2, 0.25) is 0 Å². The number of para-hydroxylation sites is 2. The largest absolute Gasteiger partial charge is 0.495 e. The molecule has 9 heteroatoms. The van der Waals surface area contributed by atoms with E-state index < -0.39 is 6.04 Å². The number of carbonyl (C=O) groups is 1. The highest BCUT2D eigenvalue weighted by atomic mass is 16.5. The molecule has 3 aromatic rings. The highest BCUT2D eigenvalue weighted by molar-refractivity contribution is 6.06. The number of nitrogens with one attached hydrogen (secondary N) is 2. The highest BCUT2D eigenvalue weighted by Gasteiger charge is 2.34. The van der Waals surface area contributed by atoms with Crippen molar-refractivity contribution in [3.8, 4) is 17.2 Å². The average Bonchev–Trinajstić information content (AvgIpc) is 3.30. The number of amides is 1. The molecular formula is C24H27N5O4. The van der Waals surface area contributed by atoms with Gasteiger partial charge in [-0.05, 0) is 43.2 Å². The van der Waals surface area contributed by atoms with Gasteiger partial charge in [0.05, 0.1) is 32.1 Å². The Hall–Kier alpha value is -4.01. The zero-order chi connectivity index (χ0) is 23.4. The number of benzene rings is 2. The third kappa shape index (κ3) is 4.34. The molecule has 2 heterocycles. The first kappa shape index (κ1) is 22.2. The van der Waals surface area contributed by atoms with Gasteiger partial charge < -0.3 is 24.8 Å². The Balaban J connectivity index is 1.75. The summed E-state index contributed by atoms with van der Waals surface area (Å²) >= 11 is 0. The van der Waals surface area contributed by atoms with Gasteiger partial charge in [-0.3, -0.25) is 4.79 Å². The standard InChI is InChI=1S/C24H27N5O4/c1-5-12-33-19-11-10-16(13-20(19)32-4)22-21(15(2)27-24-25-14-26-29(22)24)23(30)28-17-8-6-7-9-18(17)31-3/h6-11,13-14,22H,5,12H2,1-4H3,(H,28,30)(H,25,26,27)/t22-/m0/s1. The van der Waals surface area contributed by atoms with Gasteiger partial charge >= 0.3 is 0 Å². The number of methoxy groups -OCH3 is 2. The van der Waals surface area contributed by atoms with Crippen molar-refractivity contribution < 1.29 is 19.0 Å². The minimum atomic E-state index is -0.521. The molecule has 0 saturated heterocycles. The second-order valence-electron chi connectivity index (χ2n) is 7.51. The second-order valence-corrected chi connectivity index (χ2v) is 7.51. The summed E-state index contributed by atoms with van der Waals surface area (Å²) in [6.45, 7) is 4.47. The van der Waals surface area contributed by atoms with E-state index in [1.165, 1.54) is 6.33 Å². The Bertz CT molecular complexity index is 1190. The van der Waals surface area contributed by atoms with E-state index in [1.807, 2.05) is 44.2 Å². The average molecular weight is 450 g/mol. The molecule has 33 heavy (non-hydrogen) atoms. The monoisotopic (exact) mass is 449 g/mol. The van der Waals surface area contributed by atoms with E-state index in [1.54, 1.807) is 31.0 Å². The summed E-state index contributed by atoms with van der Waals surface area (Å²) in [5.41, 5.74) is 2.57. The van der Waals surface area contributed by atoms with Crippen molar-refractivity contribution in [3.63, 3.8) is 0 Å². The van der Waals surface area contributed by atoms with Crippen molar-refractivity contribution in [1.29, 1.82) is 0 Å². The van der Waals surface area contributed by atoms with Crippen molar-refractivity contribution in [2.45, 2.75) is 26.3 Å². The number of allylic oxidation sites excluding steroid dienone is 1. The normalized spacial score (nSPS) is 14.8. The molecule has 1 aliphatic heterocycles. The van der Waals surface area contributed by atoms with E-state index >= 15 is 0 Å². The molecule has 1 aromatic heterocycles. The molecule has 9 nitrogen and oxygen atoms in total. The predicted octanol–water partition coefficient (Wildman–Crippen LogP) is 4.01. The molecule has 172 valence electrons. The Labute approximate surface area is 192 Å². The highest BCUT2D eigenvalue weighted by Crippen LogP contribution is 2.39. The van der Waals surface area contributed by atoms with Crippen LogP contribution in [0, 0.1) is 0 Å². The molecule has 0 fully saturated rings. The van der Waals surface area contributed by atoms with Gasteiger partial charge in [-0.25, -0.2) is 4.68 Å². The Morgan fingerprint density at radius 1 is 1.12 bits per heavy atom. The number of nitrogens with zero attached hydrogens (tertiary/aromatic N) is 3. The quantitative estimate of drug-likeness (QED) is 0.536. The molecule has 1 amide bonds. The van der Waals surface area contributed by atoms with Crippen LogP contribution in [0.25, 0.3) is 0 Å². The van der Waals surface area contributed by atoms with Gasteiger partial charge in [-0.2, -0.15) is 10.1 Å². The minimum Gasteiger partial charge on any atom is -0.495 e. The molecule has 0 spiro atoms. The topological polar surface area (TPSA) is 99.5 Å². The maximum absolute atomic E-state index is 13.5. The molecule has 0 bridgehead atoms. The van der Waals surface area contributed by atoms with E-state index in [-0.39, 0.29) is 5.91 Å². The summed E-state index contributed by atoms with van der Waals surface area (Å²) in [5, 5.41) is 10.5. The first-order chi connectivity index (χ1) is 16.1. The van der Waals surface area contributed by atoms with Gasteiger partial charge in [-0.15, -0.1) is 0 Å². The van der Waals surface area contributed by atoms with Gasteiger partial charge in [0.2, 0.25) is 5.95 Å². The van der Waals surface area contributed by atoms with Crippen LogP contribution in [0.15, 0.2) is 60.1 Å². The van der Waals surface area contributed by atoms with Gasteiger partial charge in [0.15, 0.2) is 11.5 Å². The first-order valence-corrected chi connectivity index (χ1v) is 10.7. The van der Waals surface area contributed by atoms with Crippen LogP contribution < -0.4 is 24.8 Å².